The molecule has 3 heteroatoms. The van der Waals surface area contributed by atoms with E-state index in [2.05, 4.69) is 52.0 Å². The molecule has 29 heavy (non-hydrogen) atoms. The molecule has 156 valence electrons. The molecule has 3 nitrogen and oxygen atoms in total. The van der Waals surface area contributed by atoms with Gasteiger partial charge in [-0.25, -0.2) is 0 Å². The van der Waals surface area contributed by atoms with Gasteiger partial charge in [0, 0.05) is 0 Å². The molecular weight excluding hydrogens is 360 g/mol. The van der Waals surface area contributed by atoms with Crippen LogP contribution in [0, 0.1) is 13.8 Å². The van der Waals surface area contributed by atoms with E-state index in [-0.39, 0.29) is 12.6 Å². The summed E-state index contributed by atoms with van der Waals surface area (Å²) < 4.78 is 19.0. The Morgan fingerprint density at radius 1 is 0.655 bits per heavy atom. The van der Waals surface area contributed by atoms with Gasteiger partial charge in [-0.15, -0.1) is 0 Å². The second-order valence-corrected chi connectivity index (χ2v) is 8.61. The predicted molar refractivity (Wildman–Crippen MR) is 117 cm³/mol. The Bertz CT molecular complexity index is 799. The summed E-state index contributed by atoms with van der Waals surface area (Å²) in [6.07, 6.45) is 8.84. The first-order chi connectivity index (χ1) is 14.1. The van der Waals surface area contributed by atoms with Crippen molar-refractivity contribution in [3.63, 3.8) is 0 Å². The number of fused-ring (bicyclic) bond motifs is 6. The van der Waals surface area contributed by atoms with Gasteiger partial charge in [0.2, 0.25) is 12.6 Å². The summed E-state index contributed by atoms with van der Waals surface area (Å²) in [6.45, 7) is 8.75. The molecule has 2 atom stereocenters. The molecule has 0 N–H and O–H groups in total. The van der Waals surface area contributed by atoms with Crippen LogP contribution in [0.2, 0.25) is 0 Å². The maximum atomic E-state index is 6.37. The molecule has 2 heterocycles. The van der Waals surface area contributed by atoms with Gasteiger partial charge in [-0.2, -0.15) is 0 Å². The quantitative estimate of drug-likeness (QED) is 0.441. The number of hydrogen-bond acceptors (Lipinski definition) is 3. The minimum Gasteiger partial charge on any atom is -0.459 e. The highest BCUT2D eigenvalue weighted by Gasteiger charge is 2.39. The van der Waals surface area contributed by atoms with Crippen molar-refractivity contribution in [2.75, 3.05) is 0 Å². The smallest absolute Gasteiger partial charge is 0.233 e. The van der Waals surface area contributed by atoms with Gasteiger partial charge in [-0.05, 0) is 73.9 Å². The number of hydrogen-bond donors (Lipinski definition) is 0. The Morgan fingerprint density at radius 3 is 1.52 bits per heavy atom. The Balaban J connectivity index is 1.61. The SMILES string of the molecule is CCCCCc1cc(C)c2c(c1)C1Oc3c(C)cc(CCCCC)cc3C(O2)O1. The molecule has 4 rings (SSSR count). The van der Waals surface area contributed by atoms with Gasteiger partial charge in [0.15, 0.2) is 0 Å². The Kier molecular flexibility index (Phi) is 6.15. The fourth-order valence-corrected chi connectivity index (χ4v) is 4.53. The van der Waals surface area contributed by atoms with Crippen molar-refractivity contribution < 1.29 is 14.2 Å². The third-order valence-corrected chi connectivity index (χ3v) is 6.07. The largest absolute Gasteiger partial charge is 0.459 e. The van der Waals surface area contributed by atoms with Crippen molar-refractivity contribution >= 4 is 0 Å². The highest BCUT2D eigenvalue weighted by atomic mass is 16.8. The Labute approximate surface area is 175 Å². The van der Waals surface area contributed by atoms with Crippen molar-refractivity contribution in [2.24, 2.45) is 0 Å². The maximum absolute atomic E-state index is 6.37. The maximum Gasteiger partial charge on any atom is 0.233 e. The lowest BCUT2D eigenvalue weighted by Crippen LogP contribution is -2.31. The molecule has 0 fully saturated rings. The van der Waals surface area contributed by atoms with E-state index in [1.807, 2.05) is 0 Å². The lowest BCUT2D eigenvalue weighted by atomic mass is 9.96. The van der Waals surface area contributed by atoms with E-state index in [4.69, 9.17) is 14.2 Å². The van der Waals surface area contributed by atoms with E-state index >= 15 is 0 Å². The summed E-state index contributed by atoms with van der Waals surface area (Å²) in [5.74, 6) is 1.87. The van der Waals surface area contributed by atoms with Crippen LogP contribution in [0.5, 0.6) is 11.5 Å². The molecular formula is C26H34O3. The lowest BCUT2D eigenvalue weighted by molar-refractivity contribution is -0.228. The Hall–Kier alpha value is -2.00. The second kappa shape index (κ2) is 8.79. The van der Waals surface area contributed by atoms with Crippen LogP contribution >= 0.6 is 0 Å². The number of unbranched alkanes of at least 4 members (excludes halogenated alkanes) is 4. The topological polar surface area (TPSA) is 27.7 Å². The molecule has 0 saturated carbocycles. The molecule has 0 spiro atoms. The highest BCUT2D eigenvalue weighted by Crippen LogP contribution is 2.50. The molecule has 0 aliphatic carbocycles. The zero-order chi connectivity index (χ0) is 20.4. The third-order valence-electron chi connectivity index (χ3n) is 6.07. The van der Waals surface area contributed by atoms with Crippen LogP contribution < -0.4 is 9.47 Å². The van der Waals surface area contributed by atoms with Crippen LogP contribution in [0.15, 0.2) is 24.3 Å². The van der Waals surface area contributed by atoms with Crippen LogP contribution in [0.25, 0.3) is 0 Å². The molecule has 0 amide bonds. The van der Waals surface area contributed by atoms with Crippen molar-refractivity contribution in [2.45, 2.75) is 91.6 Å². The number of aryl methyl sites for hydroxylation is 4. The summed E-state index contributed by atoms with van der Waals surface area (Å²) in [7, 11) is 0. The summed E-state index contributed by atoms with van der Waals surface area (Å²) in [4.78, 5) is 0. The van der Waals surface area contributed by atoms with E-state index in [1.54, 1.807) is 0 Å². The third kappa shape index (κ3) is 4.16. The molecule has 0 saturated heterocycles. The van der Waals surface area contributed by atoms with Gasteiger partial charge in [0.25, 0.3) is 0 Å². The van der Waals surface area contributed by atoms with Crippen LogP contribution in [-0.4, -0.2) is 0 Å². The van der Waals surface area contributed by atoms with Crippen molar-refractivity contribution in [1.29, 1.82) is 0 Å². The molecule has 2 aromatic carbocycles. The molecule has 2 aromatic rings. The molecule has 2 aliphatic heterocycles. The van der Waals surface area contributed by atoms with Crippen LogP contribution in [0.1, 0.15) is 98.3 Å². The van der Waals surface area contributed by atoms with Gasteiger partial charge >= 0.3 is 0 Å². The molecule has 0 aromatic heterocycles. The molecule has 2 unspecified atom stereocenters. The van der Waals surface area contributed by atoms with Gasteiger partial charge in [0.1, 0.15) is 11.5 Å². The standard InChI is InChI=1S/C26H34O3/c1-5-7-9-11-19-13-17(3)23-21(15-19)25-28-24-18(4)14-20(12-10-8-6-2)16-22(24)26(27-23)29-25/h13-16,25-26H,5-12H2,1-4H3. The van der Waals surface area contributed by atoms with Crippen LogP contribution in [0.4, 0.5) is 0 Å². The van der Waals surface area contributed by atoms with E-state index in [0.29, 0.717) is 0 Å². The summed E-state index contributed by atoms with van der Waals surface area (Å²) in [5.41, 5.74) is 7.11. The first-order valence-electron chi connectivity index (χ1n) is 11.4. The van der Waals surface area contributed by atoms with Gasteiger partial charge in [-0.1, -0.05) is 51.7 Å². The van der Waals surface area contributed by atoms with E-state index in [9.17, 15) is 0 Å². The summed E-state index contributed by atoms with van der Waals surface area (Å²) >= 11 is 0. The predicted octanol–water partition coefficient (Wildman–Crippen LogP) is 7.27. The first-order valence-corrected chi connectivity index (χ1v) is 11.4. The number of rotatable bonds is 8. The lowest BCUT2D eigenvalue weighted by Gasteiger charge is -2.39. The average molecular weight is 395 g/mol. The number of benzene rings is 2. The molecule has 2 bridgehead atoms. The fraction of sp³-hybridized carbons (Fsp3) is 0.538. The van der Waals surface area contributed by atoms with E-state index in [0.717, 1.165) is 35.5 Å². The Morgan fingerprint density at radius 2 is 1.10 bits per heavy atom. The highest BCUT2D eigenvalue weighted by molar-refractivity contribution is 5.51. The van der Waals surface area contributed by atoms with Gasteiger partial charge in [0.05, 0.1) is 11.1 Å². The van der Waals surface area contributed by atoms with Crippen LogP contribution in [-0.2, 0) is 17.6 Å². The number of ether oxygens (including phenoxy) is 3. The zero-order valence-electron chi connectivity index (χ0n) is 18.3. The fourth-order valence-electron chi connectivity index (χ4n) is 4.53. The molecule has 2 aliphatic rings. The summed E-state index contributed by atoms with van der Waals surface area (Å²) in [5, 5.41) is 0. The van der Waals surface area contributed by atoms with Crippen molar-refractivity contribution in [3.05, 3.63) is 57.6 Å². The molecule has 0 radical (unpaired) electrons. The monoisotopic (exact) mass is 394 g/mol. The van der Waals surface area contributed by atoms with E-state index in [1.165, 1.54) is 60.8 Å². The van der Waals surface area contributed by atoms with Crippen LogP contribution in [0.3, 0.4) is 0 Å². The van der Waals surface area contributed by atoms with Crippen molar-refractivity contribution in [3.8, 4) is 11.5 Å². The second-order valence-electron chi connectivity index (χ2n) is 8.61. The average Bonchev–Trinajstić information content (AvgIpc) is 2.70. The van der Waals surface area contributed by atoms with Crippen molar-refractivity contribution in [1.82, 2.24) is 0 Å². The summed E-state index contributed by atoms with van der Waals surface area (Å²) in [6, 6.07) is 8.97. The van der Waals surface area contributed by atoms with E-state index < -0.39 is 0 Å². The zero-order valence-corrected chi connectivity index (χ0v) is 18.3. The first kappa shape index (κ1) is 20.3. The minimum absolute atomic E-state index is 0.384. The van der Waals surface area contributed by atoms with Gasteiger partial charge in [-0.3, -0.25) is 4.74 Å². The minimum atomic E-state index is -0.384. The normalized spacial score (nSPS) is 19.2. The van der Waals surface area contributed by atoms with Gasteiger partial charge < -0.3 is 9.47 Å².